The number of carbonyl (C=O) groups is 1. The Morgan fingerprint density at radius 2 is 2.17 bits per heavy atom. The van der Waals surface area contributed by atoms with Gasteiger partial charge < -0.3 is 19.9 Å². The second kappa shape index (κ2) is 8.70. The van der Waals surface area contributed by atoms with Crippen LogP contribution < -0.4 is 10.6 Å². The monoisotopic (exact) mass is 341 g/mol. The van der Waals surface area contributed by atoms with Crippen LogP contribution in [0.3, 0.4) is 0 Å². The maximum atomic E-state index is 12.1. The number of nitrogens with zero attached hydrogens (tertiary/aromatic N) is 1. The lowest BCUT2D eigenvalue weighted by Gasteiger charge is -2.37. The van der Waals surface area contributed by atoms with E-state index in [4.69, 9.17) is 9.26 Å². The third kappa shape index (κ3) is 5.22. The number of ether oxygens (including phenoxy) is 1. The van der Waals surface area contributed by atoms with Crippen molar-refractivity contribution in [1.29, 1.82) is 0 Å². The molecule has 0 spiro atoms. The lowest BCUT2D eigenvalue weighted by molar-refractivity contribution is -0.119. The average molecular weight is 341 g/mol. The van der Waals surface area contributed by atoms with Gasteiger partial charge in [-0.25, -0.2) is 0 Å². The fourth-order valence-electron chi connectivity index (χ4n) is 2.93. The highest BCUT2D eigenvalue weighted by atomic mass is 32.2. The molecule has 1 saturated heterocycles. The van der Waals surface area contributed by atoms with Crippen molar-refractivity contribution in [3.8, 4) is 0 Å². The van der Waals surface area contributed by atoms with Crippen LogP contribution in [0.1, 0.15) is 29.9 Å². The predicted octanol–water partition coefficient (Wildman–Crippen LogP) is 1.66. The molecule has 23 heavy (non-hydrogen) atoms. The summed E-state index contributed by atoms with van der Waals surface area (Å²) in [4.78, 5) is 12.1. The molecule has 0 aliphatic carbocycles. The molecule has 1 fully saturated rings. The minimum absolute atomic E-state index is 0.0714. The van der Waals surface area contributed by atoms with Crippen LogP contribution in [-0.2, 0) is 15.3 Å². The maximum Gasteiger partial charge on any atom is 0.230 e. The molecule has 130 valence electrons. The first-order valence-electron chi connectivity index (χ1n) is 8.02. The fraction of sp³-hybridized carbons (Fsp3) is 0.750. The van der Waals surface area contributed by atoms with E-state index in [-0.39, 0.29) is 11.3 Å². The summed E-state index contributed by atoms with van der Waals surface area (Å²) in [7, 11) is 1.73. The van der Waals surface area contributed by atoms with Gasteiger partial charge in [-0.15, -0.1) is 11.8 Å². The topological polar surface area (TPSA) is 76.4 Å². The van der Waals surface area contributed by atoms with Crippen LogP contribution >= 0.6 is 11.8 Å². The lowest BCUT2D eigenvalue weighted by atomic mass is 9.79. The van der Waals surface area contributed by atoms with Gasteiger partial charge in [0.25, 0.3) is 0 Å². The Balaban J connectivity index is 1.73. The first-order valence-corrected chi connectivity index (χ1v) is 9.18. The van der Waals surface area contributed by atoms with Gasteiger partial charge in [-0.1, -0.05) is 5.16 Å². The Hall–Kier alpha value is -1.05. The molecule has 0 bridgehead atoms. The van der Waals surface area contributed by atoms with Crippen LogP contribution in [0.15, 0.2) is 4.52 Å². The van der Waals surface area contributed by atoms with E-state index in [0.717, 1.165) is 48.7 Å². The lowest BCUT2D eigenvalue weighted by Crippen LogP contribution is -2.47. The Labute approximate surface area is 142 Å². The van der Waals surface area contributed by atoms with Gasteiger partial charge in [0.1, 0.15) is 5.76 Å². The molecular weight excluding hydrogens is 314 g/mol. The summed E-state index contributed by atoms with van der Waals surface area (Å²) < 4.78 is 10.5. The second-order valence-corrected chi connectivity index (χ2v) is 7.24. The summed E-state index contributed by atoms with van der Waals surface area (Å²) in [5, 5.41) is 10.4. The van der Waals surface area contributed by atoms with Gasteiger partial charge in [0.2, 0.25) is 5.91 Å². The van der Waals surface area contributed by atoms with Crippen molar-refractivity contribution in [2.24, 2.45) is 5.41 Å². The number of carbonyl (C=O) groups excluding carboxylic acids is 1. The smallest absolute Gasteiger partial charge is 0.230 e. The largest absolute Gasteiger partial charge is 0.384 e. The van der Waals surface area contributed by atoms with Crippen molar-refractivity contribution in [1.82, 2.24) is 15.8 Å². The number of hydrogen-bond acceptors (Lipinski definition) is 6. The van der Waals surface area contributed by atoms with E-state index in [9.17, 15) is 4.79 Å². The van der Waals surface area contributed by atoms with Crippen LogP contribution in [0.5, 0.6) is 0 Å². The number of aryl methyl sites for hydroxylation is 2. The van der Waals surface area contributed by atoms with E-state index in [1.165, 1.54) is 0 Å². The number of aromatic nitrogens is 1. The van der Waals surface area contributed by atoms with Gasteiger partial charge in [0.15, 0.2) is 0 Å². The molecular formula is C16H27N3O3S. The molecule has 1 aromatic heterocycles. The van der Waals surface area contributed by atoms with E-state index >= 15 is 0 Å². The molecule has 0 unspecified atom stereocenters. The van der Waals surface area contributed by atoms with Crippen molar-refractivity contribution >= 4 is 17.7 Å². The molecule has 1 aromatic rings. The third-order valence-electron chi connectivity index (χ3n) is 4.44. The minimum atomic E-state index is 0.0714. The first kappa shape index (κ1) is 18.3. The number of nitrogens with one attached hydrogen (secondary N) is 2. The van der Waals surface area contributed by atoms with Crippen molar-refractivity contribution in [3.63, 3.8) is 0 Å². The van der Waals surface area contributed by atoms with Crippen molar-refractivity contribution < 1.29 is 14.1 Å². The van der Waals surface area contributed by atoms with Gasteiger partial charge in [0.05, 0.1) is 18.1 Å². The molecule has 0 radical (unpaired) electrons. The van der Waals surface area contributed by atoms with Crippen molar-refractivity contribution in [3.05, 3.63) is 17.0 Å². The Morgan fingerprint density at radius 1 is 1.43 bits per heavy atom. The number of hydrogen-bond donors (Lipinski definition) is 2. The fourth-order valence-corrected chi connectivity index (χ4v) is 3.93. The number of thioether (sulfide) groups is 1. The molecule has 1 aliphatic heterocycles. The average Bonchev–Trinajstić information content (AvgIpc) is 2.86. The summed E-state index contributed by atoms with van der Waals surface area (Å²) in [5.41, 5.74) is 2.07. The molecule has 2 N–H and O–H groups in total. The van der Waals surface area contributed by atoms with E-state index in [1.54, 1.807) is 18.9 Å². The van der Waals surface area contributed by atoms with Gasteiger partial charge in [0, 0.05) is 30.4 Å². The van der Waals surface area contributed by atoms with Crippen molar-refractivity contribution in [2.45, 2.75) is 32.4 Å². The van der Waals surface area contributed by atoms with Crippen LogP contribution in [0.2, 0.25) is 0 Å². The van der Waals surface area contributed by atoms with E-state index in [0.29, 0.717) is 18.9 Å². The normalized spacial score (nSPS) is 17.2. The molecule has 7 heteroatoms. The van der Waals surface area contributed by atoms with Gasteiger partial charge in [-0.2, -0.15) is 0 Å². The molecule has 2 rings (SSSR count). The number of methoxy groups -OCH3 is 1. The molecule has 0 aromatic carbocycles. The Bertz CT molecular complexity index is 488. The Kier molecular flexibility index (Phi) is 6.92. The highest BCUT2D eigenvalue weighted by molar-refractivity contribution is 7.99. The SMILES string of the molecule is COCC1(CNC(=O)CSCc2c(C)noc2C)CCNCC1. The van der Waals surface area contributed by atoms with Crippen LogP contribution in [0.4, 0.5) is 0 Å². The Morgan fingerprint density at radius 3 is 2.78 bits per heavy atom. The molecule has 1 amide bonds. The highest BCUT2D eigenvalue weighted by Crippen LogP contribution is 2.28. The van der Waals surface area contributed by atoms with E-state index in [2.05, 4.69) is 15.8 Å². The predicted molar refractivity (Wildman–Crippen MR) is 91.6 cm³/mol. The number of rotatable bonds is 8. The van der Waals surface area contributed by atoms with Gasteiger partial charge >= 0.3 is 0 Å². The standard InChI is InChI=1S/C16H27N3O3S/c1-12-14(13(2)22-19-12)8-23-9-15(20)18-10-16(11-21-3)4-6-17-7-5-16/h17H,4-11H2,1-3H3,(H,18,20). The molecule has 6 nitrogen and oxygen atoms in total. The zero-order valence-corrected chi connectivity index (χ0v) is 15.1. The van der Waals surface area contributed by atoms with Gasteiger partial charge in [-0.05, 0) is 39.8 Å². The minimum Gasteiger partial charge on any atom is -0.384 e. The summed E-state index contributed by atoms with van der Waals surface area (Å²) >= 11 is 1.59. The quantitative estimate of drug-likeness (QED) is 0.749. The molecule has 2 heterocycles. The van der Waals surface area contributed by atoms with Crippen molar-refractivity contribution in [2.75, 3.05) is 39.1 Å². The summed E-state index contributed by atoms with van der Waals surface area (Å²) in [6, 6.07) is 0. The van der Waals surface area contributed by atoms with Gasteiger partial charge in [-0.3, -0.25) is 4.79 Å². The zero-order chi connectivity index (χ0) is 16.7. The molecule has 1 aliphatic rings. The third-order valence-corrected chi connectivity index (χ3v) is 5.40. The zero-order valence-electron chi connectivity index (χ0n) is 14.2. The molecule has 0 atom stereocenters. The second-order valence-electron chi connectivity index (χ2n) is 6.26. The highest BCUT2D eigenvalue weighted by Gasteiger charge is 2.32. The van der Waals surface area contributed by atoms with E-state index in [1.807, 2.05) is 13.8 Å². The molecule has 0 saturated carbocycles. The summed E-state index contributed by atoms with van der Waals surface area (Å²) in [6.07, 6.45) is 2.07. The summed E-state index contributed by atoms with van der Waals surface area (Å²) in [5.74, 6) is 2.12. The van der Waals surface area contributed by atoms with Crippen LogP contribution in [-0.4, -0.2) is 50.2 Å². The van der Waals surface area contributed by atoms with E-state index < -0.39 is 0 Å². The van der Waals surface area contributed by atoms with Crippen LogP contribution in [0.25, 0.3) is 0 Å². The maximum absolute atomic E-state index is 12.1. The number of amides is 1. The first-order chi connectivity index (χ1) is 11.1. The number of piperidine rings is 1. The van der Waals surface area contributed by atoms with Crippen LogP contribution in [0, 0.1) is 19.3 Å². The summed E-state index contributed by atoms with van der Waals surface area (Å²) in [6.45, 7) is 7.19.